The van der Waals surface area contributed by atoms with Gasteiger partial charge in [-0.05, 0) is 61.8 Å². The minimum Gasteiger partial charge on any atom is -0.480 e. The van der Waals surface area contributed by atoms with Crippen LogP contribution in [0.3, 0.4) is 0 Å². The van der Waals surface area contributed by atoms with Crippen LogP contribution in [0.25, 0.3) is 0 Å². The van der Waals surface area contributed by atoms with Crippen LogP contribution < -0.4 is 0 Å². The van der Waals surface area contributed by atoms with E-state index in [0.717, 1.165) is 32.1 Å². The van der Waals surface area contributed by atoms with E-state index in [2.05, 4.69) is 0 Å². The Hall–Kier alpha value is -1.93. The molecule has 1 spiro atoms. The van der Waals surface area contributed by atoms with Crippen LogP contribution in [-0.2, 0) is 14.8 Å². The van der Waals surface area contributed by atoms with Gasteiger partial charge in [-0.1, -0.05) is 6.42 Å². The molecule has 1 aromatic carbocycles. The molecule has 1 aromatic rings. The average Bonchev–Trinajstić information content (AvgIpc) is 3.29. The van der Waals surface area contributed by atoms with E-state index in [1.165, 1.54) is 33.5 Å². The Morgan fingerprint density at radius 2 is 1.67 bits per heavy atom. The number of sulfonamides is 1. The number of hydrogen-bond donors (Lipinski definition) is 1. The number of hydrogen-bond acceptors (Lipinski definition) is 4. The molecule has 3 fully saturated rings. The summed E-state index contributed by atoms with van der Waals surface area (Å²) in [5, 5.41) is 9.52. The fourth-order valence-electron chi connectivity index (χ4n) is 4.54. The van der Waals surface area contributed by atoms with Crippen molar-refractivity contribution in [2.24, 2.45) is 5.41 Å². The van der Waals surface area contributed by atoms with Gasteiger partial charge in [0.25, 0.3) is 5.91 Å². The van der Waals surface area contributed by atoms with E-state index in [1.807, 2.05) is 0 Å². The maximum absolute atomic E-state index is 12.9. The predicted octanol–water partition coefficient (Wildman–Crippen LogP) is 1.94. The Kier molecular flexibility index (Phi) is 4.50. The number of carboxylic acids is 1. The van der Waals surface area contributed by atoms with E-state index < -0.39 is 22.0 Å². The van der Waals surface area contributed by atoms with Crippen molar-refractivity contribution in [3.05, 3.63) is 29.8 Å². The molecule has 1 atom stereocenters. The molecule has 2 saturated heterocycles. The molecule has 8 heteroatoms. The standard InChI is InChI=1S/C19H24N2O5S/c22-17(21-13-19(8-3-9-19)12-16(21)18(23)24)14-4-6-15(7-5-14)27(25,26)20-10-1-2-11-20/h4-7,16H,1-3,8-13H2,(H,23,24). The van der Waals surface area contributed by atoms with Crippen molar-refractivity contribution in [3.63, 3.8) is 0 Å². The molecule has 2 heterocycles. The number of amides is 1. The topological polar surface area (TPSA) is 95.0 Å². The number of aliphatic carboxylic acids is 1. The molecule has 1 aliphatic carbocycles. The molecule has 3 aliphatic rings. The fourth-order valence-corrected chi connectivity index (χ4v) is 6.06. The summed E-state index contributed by atoms with van der Waals surface area (Å²) >= 11 is 0. The molecule has 1 unspecified atom stereocenters. The zero-order valence-corrected chi connectivity index (χ0v) is 16.0. The van der Waals surface area contributed by atoms with E-state index in [1.54, 1.807) is 0 Å². The van der Waals surface area contributed by atoms with E-state index >= 15 is 0 Å². The summed E-state index contributed by atoms with van der Waals surface area (Å²) in [6, 6.07) is 5.09. The summed E-state index contributed by atoms with van der Waals surface area (Å²) in [5.41, 5.74) is 0.288. The Morgan fingerprint density at radius 3 is 2.19 bits per heavy atom. The van der Waals surface area contributed by atoms with Crippen molar-refractivity contribution < 1.29 is 23.1 Å². The van der Waals surface area contributed by atoms with Crippen molar-refractivity contribution in [3.8, 4) is 0 Å². The van der Waals surface area contributed by atoms with Gasteiger partial charge < -0.3 is 10.0 Å². The minimum absolute atomic E-state index is 0.0439. The fraction of sp³-hybridized carbons (Fsp3) is 0.579. The quantitative estimate of drug-likeness (QED) is 0.845. The molecular formula is C19H24N2O5S. The third-order valence-corrected chi connectivity index (χ3v) is 8.19. The summed E-state index contributed by atoms with van der Waals surface area (Å²) in [6.07, 6.45) is 5.25. The molecule has 0 radical (unpaired) electrons. The molecule has 1 amide bonds. The monoisotopic (exact) mass is 392 g/mol. The second-order valence-electron chi connectivity index (χ2n) is 7.98. The molecule has 146 valence electrons. The van der Waals surface area contributed by atoms with Gasteiger partial charge in [0, 0.05) is 25.2 Å². The third-order valence-electron chi connectivity index (χ3n) is 6.27. The highest BCUT2D eigenvalue weighted by Crippen LogP contribution is 2.50. The molecular weight excluding hydrogens is 368 g/mol. The van der Waals surface area contributed by atoms with Gasteiger partial charge in [0.2, 0.25) is 10.0 Å². The highest BCUT2D eigenvalue weighted by atomic mass is 32.2. The first-order valence-electron chi connectivity index (χ1n) is 9.46. The summed E-state index contributed by atoms with van der Waals surface area (Å²) in [7, 11) is -3.52. The molecule has 27 heavy (non-hydrogen) atoms. The Bertz CT molecular complexity index is 855. The summed E-state index contributed by atoms with van der Waals surface area (Å²) < 4.78 is 26.7. The van der Waals surface area contributed by atoms with Crippen LogP contribution in [0, 0.1) is 5.41 Å². The normalized spacial score (nSPS) is 24.9. The van der Waals surface area contributed by atoms with Crippen LogP contribution in [0.1, 0.15) is 48.9 Å². The first-order chi connectivity index (χ1) is 12.8. The van der Waals surface area contributed by atoms with Gasteiger partial charge in [0.05, 0.1) is 4.90 Å². The van der Waals surface area contributed by atoms with Crippen LogP contribution in [0.15, 0.2) is 29.2 Å². The first-order valence-corrected chi connectivity index (χ1v) is 10.9. The summed E-state index contributed by atoms with van der Waals surface area (Å²) in [5.74, 6) is -1.31. The lowest BCUT2D eigenvalue weighted by Gasteiger charge is -2.37. The van der Waals surface area contributed by atoms with Crippen molar-refractivity contribution in [1.29, 1.82) is 0 Å². The van der Waals surface area contributed by atoms with Gasteiger partial charge in [0.1, 0.15) is 6.04 Å². The van der Waals surface area contributed by atoms with Gasteiger partial charge in [-0.25, -0.2) is 13.2 Å². The molecule has 0 bridgehead atoms. The zero-order valence-electron chi connectivity index (χ0n) is 15.1. The number of likely N-dealkylation sites (tertiary alicyclic amines) is 1. The third kappa shape index (κ3) is 3.14. The number of carbonyl (C=O) groups excluding carboxylic acids is 1. The maximum Gasteiger partial charge on any atom is 0.326 e. The molecule has 7 nitrogen and oxygen atoms in total. The van der Waals surface area contributed by atoms with E-state index in [9.17, 15) is 23.1 Å². The van der Waals surface area contributed by atoms with Crippen molar-refractivity contribution in [2.45, 2.75) is 49.5 Å². The number of rotatable bonds is 4. The van der Waals surface area contributed by atoms with E-state index in [4.69, 9.17) is 0 Å². The number of nitrogens with zero attached hydrogens (tertiary/aromatic N) is 2. The molecule has 0 aromatic heterocycles. The predicted molar refractivity (Wildman–Crippen MR) is 97.8 cm³/mol. The van der Waals surface area contributed by atoms with Crippen LogP contribution in [-0.4, -0.2) is 60.3 Å². The lowest BCUT2D eigenvalue weighted by molar-refractivity contribution is -0.141. The molecule has 2 aliphatic heterocycles. The minimum atomic E-state index is -3.52. The maximum atomic E-state index is 12.9. The number of carboxylic acid groups (broad SMARTS) is 1. The van der Waals surface area contributed by atoms with E-state index in [0.29, 0.717) is 31.6 Å². The van der Waals surface area contributed by atoms with Crippen molar-refractivity contribution in [1.82, 2.24) is 9.21 Å². The van der Waals surface area contributed by atoms with Gasteiger partial charge in [0.15, 0.2) is 0 Å². The number of carbonyl (C=O) groups is 2. The Balaban J connectivity index is 1.54. The Labute approximate surface area is 159 Å². The smallest absolute Gasteiger partial charge is 0.326 e. The summed E-state index contributed by atoms with van der Waals surface area (Å²) in [6.45, 7) is 1.52. The summed E-state index contributed by atoms with van der Waals surface area (Å²) in [4.78, 5) is 26.2. The SMILES string of the molecule is O=C(O)C1CC2(CCC2)CN1C(=O)c1ccc(S(=O)(=O)N2CCCC2)cc1. The van der Waals surface area contributed by atoms with Gasteiger partial charge in [-0.2, -0.15) is 4.31 Å². The average molecular weight is 392 g/mol. The van der Waals surface area contributed by atoms with Crippen LogP contribution in [0.5, 0.6) is 0 Å². The van der Waals surface area contributed by atoms with Crippen LogP contribution in [0.4, 0.5) is 0 Å². The Morgan fingerprint density at radius 1 is 1.04 bits per heavy atom. The zero-order chi connectivity index (χ0) is 19.2. The van der Waals surface area contributed by atoms with Crippen LogP contribution >= 0.6 is 0 Å². The highest BCUT2D eigenvalue weighted by molar-refractivity contribution is 7.89. The second-order valence-corrected chi connectivity index (χ2v) is 9.92. The second kappa shape index (κ2) is 6.60. The van der Waals surface area contributed by atoms with Crippen molar-refractivity contribution in [2.75, 3.05) is 19.6 Å². The lowest BCUT2D eigenvalue weighted by Crippen LogP contribution is -2.41. The molecule has 4 rings (SSSR count). The van der Waals surface area contributed by atoms with E-state index in [-0.39, 0.29) is 16.2 Å². The molecule has 1 saturated carbocycles. The lowest BCUT2D eigenvalue weighted by atomic mass is 9.67. The molecule has 1 N–H and O–H groups in total. The van der Waals surface area contributed by atoms with Gasteiger partial charge in [-0.3, -0.25) is 4.79 Å². The highest BCUT2D eigenvalue weighted by Gasteiger charge is 2.51. The van der Waals surface area contributed by atoms with Gasteiger partial charge in [-0.15, -0.1) is 0 Å². The largest absolute Gasteiger partial charge is 0.480 e. The first kappa shape index (κ1) is 18.4. The van der Waals surface area contributed by atoms with Crippen molar-refractivity contribution >= 4 is 21.9 Å². The van der Waals surface area contributed by atoms with Gasteiger partial charge >= 0.3 is 5.97 Å². The van der Waals surface area contributed by atoms with Crippen LogP contribution in [0.2, 0.25) is 0 Å². The number of benzene rings is 1.